The standard InChI is InChI=1S/C23H24ClN5S/c1-13-9-10-29(12-13)15(3)21-22(16-7-8-18(24)27-11-16)30-23(28-21)20(26)17-6-4-5-14(2)19(17)25/h4-8,11,13,26H,3,9-10,12,25H2,1-2H3/t13-/m0/s1. The molecule has 0 spiro atoms. The number of benzene rings is 1. The number of anilines is 1. The molecule has 0 saturated carbocycles. The van der Waals surface area contributed by atoms with Gasteiger partial charge in [-0.25, -0.2) is 9.97 Å². The average molecular weight is 438 g/mol. The first kappa shape index (κ1) is 20.6. The number of para-hydroxylation sites is 1. The van der Waals surface area contributed by atoms with Gasteiger partial charge in [-0.1, -0.05) is 43.3 Å². The second-order valence-electron chi connectivity index (χ2n) is 7.76. The Kier molecular flexibility index (Phi) is 5.62. The molecule has 1 aliphatic heterocycles. The van der Waals surface area contributed by atoms with Gasteiger partial charge >= 0.3 is 0 Å². The molecule has 5 nitrogen and oxygen atoms in total. The zero-order chi connectivity index (χ0) is 21.4. The van der Waals surface area contributed by atoms with Crippen molar-refractivity contribution >= 4 is 40.0 Å². The number of nitrogens with two attached hydrogens (primary N) is 1. The Bertz CT molecular complexity index is 1120. The van der Waals surface area contributed by atoms with E-state index >= 15 is 0 Å². The summed E-state index contributed by atoms with van der Waals surface area (Å²) in [5.74, 6) is 0.630. The fourth-order valence-electron chi connectivity index (χ4n) is 3.67. The van der Waals surface area contributed by atoms with E-state index < -0.39 is 0 Å². The molecule has 30 heavy (non-hydrogen) atoms. The summed E-state index contributed by atoms with van der Waals surface area (Å²) < 4.78 is 0. The highest BCUT2D eigenvalue weighted by atomic mass is 35.5. The minimum Gasteiger partial charge on any atom is -0.398 e. The van der Waals surface area contributed by atoms with E-state index in [0.29, 0.717) is 33.0 Å². The fraction of sp³-hybridized carbons (Fsp3) is 0.261. The molecule has 1 saturated heterocycles. The van der Waals surface area contributed by atoms with Crippen LogP contribution in [0.15, 0.2) is 43.1 Å². The van der Waals surface area contributed by atoms with Gasteiger partial charge in [-0.2, -0.15) is 0 Å². The third kappa shape index (κ3) is 3.85. The molecule has 154 valence electrons. The third-order valence-electron chi connectivity index (χ3n) is 5.50. The van der Waals surface area contributed by atoms with Gasteiger partial charge in [-0.05, 0) is 37.0 Å². The van der Waals surface area contributed by atoms with Crippen LogP contribution in [0.25, 0.3) is 16.1 Å². The van der Waals surface area contributed by atoms with E-state index in [4.69, 9.17) is 27.7 Å². The predicted octanol–water partition coefficient (Wildman–Crippen LogP) is 5.48. The molecule has 0 bridgehead atoms. The van der Waals surface area contributed by atoms with Crippen molar-refractivity contribution in [3.05, 3.63) is 70.1 Å². The van der Waals surface area contributed by atoms with Crippen molar-refractivity contribution in [1.29, 1.82) is 5.41 Å². The quantitative estimate of drug-likeness (QED) is 0.315. The Morgan fingerprint density at radius 1 is 1.33 bits per heavy atom. The maximum Gasteiger partial charge on any atom is 0.143 e. The maximum atomic E-state index is 8.79. The molecular formula is C23H24ClN5S. The van der Waals surface area contributed by atoms with E-state index in [2.05, 4.69) is 23.4 Å². The highest BCUT2D eigenvalue weighted by molar-refractivity contribution is 7.17. The summed E-state index contributed by atoms with van der Waals surface area (Å²) in [4.78, 5) is 12.3. The van der Waals surface area contributed by atoms with Gasteiger partial charge in [0.05, 0.1) is 16.3 Å². The van der Waals surface area contributed by atoms with Crippen molar-refractivity contribution in [3.8, 4) is 10.4 Å². The van der Waals surface area contributed by atoms with Crippen molar-refractivity contribution in [2.75, 3.05) is 18.8 Å². The maximum absolute atomic E-state index is 8.79. The highest BCUT2D eigenvalue weighted by Gasteiger charge is 2.26. The van der Waals surface area contributed by atoms with Gasteiger partial charge in [0.1, 0.15) is 15.9 Å². The SMILES string of the molecule is C=C(c1nc(C(=N)c2cccc(C)c2N)sc1-c1ccc(Cl)nc1)N1CC[C@H](C)C1. The monoisotopic (exact) mass is 437 g/mol. The number of hydrogen-bond donors (Lipinski definition) is 2. The third-order valence-corrected chi connectivity index (χ3v) is 6.85. The van der Waals surface area contributed by atoms with Crippen molar-refractivity contribution in [3.63, 3.8) is 0 Å². The van der Waals surface area contributed by atoms with Gasteiger partial charge in [0.2, 0.25) is 0 Å². The molecule has 1 aromatic carbocycles. The largest absolute Gasteiger partial charge is 0.398 e. The number of nitrogen functional groups attached to an aromatic ring is 1. The number of aryl methyl sites for hydroxylation is 1. The van der Waals surface area contributed by atoms with Crippen LogP contribution in [0.4, 0.5) is 5.69 Å². The molecule has 0 aliphatic carbocycles. The van der Waals surface area contributed by atoms with E-state index in [-0.39, 0.29) is 0 Å². The number of nitrogens with one attached hydrogen (secondary N) is 1. The van der Waals surface area contributed by atoms with Crippen LogP contribution in [-0.2, 0) is 0 Å². The Balaban J connectivity index is 1.79. The van der Waals surface area contributed by atoms with Gasteiger partial charge < -0.3 is 10.6 Å². The number of pyridine rings is 1. The molecule has 1 aliphatic rings. The minimum absolute atomic E-state index is 0.318. The normalized spacial score (nSPS) is 16.1. The van der Waals surface area contributed by atoms with Crippen molar-refractivity contribution < 1.29 is 0 Å². The summed E-state index contributed by atoms with van der Waals surface area (Å²) in [6.45, 7) is 10.5. The van der Waals surface area contributed by atoms with Crippen molar-refractivity contribution in [2.45, 2.75) is 20.3 Å². The molecular weight excluding hydrogens is 414 g/mol. The Morgan fingerprint density at radius 2 is 2.13 bits per heavy atom. The minimum atomic E-state index is 0.318. The average Bonchev–Trinajstić information content (AvgIpc) is 3.36. The summed E-state index contributed by atoms with van der Waals surface area (Å²) in [6.07, 6.45) is 2.89. The second kappa shape index (κ2) is 8.20. The van der Waals surface area contributed by atoms with Crippen LogP contribution in [0.5, 0.6) is 0 Å². The van der Waals surface area contributed by atoms with Crippen molar-refractivity contribution in [1.82, 2.24) is 14.9 Å². The van der Waals surface area contributed by atoms with Crippen LogP contribution in [0.1, 0.15) is 35.2 Å². The molecule has 3 N–H and O–H groups in total. The number of aromatic nitrogens is 2. The summed E-state index contributed by atoms with van der Waals surface area (Å²) >= 11 is 7.45. The van der Waals surface area contributed by atoms with E-state index in [1.165, 1.54) is 11.3 Å². The van der Waals surface area contributed by atoms with Crippen LogP contribution >= 0.6 is 22.9 Å². The summed E-state index contributed by atoms with van der Waals surface area (Å²) in [6, 6.07) is 9.43. The molecule has 0 radical (unpaired) electrons. The van der Waals surface area contributed by atoms with E-state index in [0.717, 1.165) is 46.9 Å². The number of thiazole rings is 1. The highest BCUT2D eigenvalue weighted by Crippen LogP contribution is 2.37. The molecule has 3 aromatic rings. The first-order chi connectivity index (χ1) is 14.3. The molecule has 0 amide bonds. The molecule has 1 atom stereocenters. The number of hydrogen-bond acceptors (Lipinski definition) is 6. The number of likely N-dealkylation sites (tertiary alicyclic amines) is 1. The van der Waals surface area contributed by atoms with Gasteiger partial charge in [0, 0.05) is 36.1 Å². The summed E-state index contributed by atoms with van der Waals surface area (Å²) in [5, 5.41) is 9.84. The zero-order valence-corrected chi connectivity index (χ0v) is 18.6. The van der Waals surface area contributed by atoms with E-state index in [1.807, 2.05) is 31.2 Å². The Labute approximate surface area is 185 Å². The van der Waals surface area contributed by atoms with Gasteiger partial charge in [0.15, 0.2) is 0 Å². The zero-order valence-electron chi connectivity index (χ0n) is 17.1. The molecule has 7 heteroatoms. The number of nitrogens with zero attached hydrogens (tertiary/aromatic N) is 3. The lowest BCUT2D eigenvalue weighted by atomic mass is 10.0. The van der Waals surface area contributed by atoms with Crippen molar-refractivity contribution in [2.24, 2.45) is 5.92 Å². The smallest absolute Gasteiger partial charge is 0.143 e. The predicted molar refractivity (Wildman–Crippen MR) is 126 cm³/mol. The van der Waals surface area contributed by atoms with Crippen LogP contribution in [0, 0.1) is 18.3 Å². The summed E-state index contributed by atoms with van der Waals surface area (Å²) in [7, 11) is 0. The van der Waals surface area contributed by atoms with Crippen LogP contribution in [0.2, 0.25) is 5.15 Å². The fourth-order valence-corrected chi connectivity index (χ4v) is 4.83. The van der Waals surface area contributed by atoms with Gasteiger partial charge in [-0.3, -0.25) is 5.41 Å². The van der Waals surface area contributed by atoms with E-state index in [9.17, 15) is 0 Å². The summed E-state index contributed by atoms with van der Waals surface area (Å²) in [5.41, 5.74) is 11.4. The second-order valence-corrected chi connectivity index (χ2v) is 9.15. The van der Waals surface area contributed by atoms with E-state index in [1.54, 1.807) is 12.3 Å². The van der Waals surface area contributed by atoms with Gasteiger partial charge in [-0.15, -0.1) is 11.3 Å². The lowest BCUT2D eigenvalue weighted by Crippen LogP contribution is -2.18. The first-order valence-electron chi connectivity index (χ1n) is 9.86. The Morgan fingerprint density at radius 3 is 2.80 bits per heavy atom. The first-order valence-corrected chi connectivity index (χ1v) is 11.1. The van der Waals surface area contributed by atoms with Crippen LogP contribution < -0.4 is 5.73 Å². The molecule has 2 aromatic heterocycles. The molecule has 4 rings (SSSR count). The van der Waals surface area contributed by atoms with Crippen LogP contribution in [-0.4, -0.2) is 33.7 Å². The lowest BCUT2D eigenvalue weighted by Gasteiger charge is -2.20. The lowest BCUT2D eigenvalue weighted by molar-refractivity contribution is 0.470. The molecule has 3 heterocycles. The van der Waals surface area contributed by atoms with Crippen LogP contribution in [0.3, 0.4) is 0 Å². The topological polar surface area (TPSA) is 78.9 Å². The van der Waals surface area contributed by atoms with Gasteiger partial charge in [0.25, 0.3) is 0 Å². The number of halogens is 1. The molecule has 0 unspecified atom stereocenters. The number of rotatable bonds is 5. The Hall–Kier alpha value is -2.70. The molecule has 1 fully saturated rings.